The number of rotatable bonds is 1. The van der Waals surface area contributed by atoms with Crippen molar-refractivity contribution in [3.05, 3.63) is 11.4 Å². The molecule has 0 aromatic carbocycles. The summed E-state index contributed by atoms with van der Waals surface area (Å²) in [6, 6.07) is 0. The van der Waals surface area contributed by atoms with Crippen LogP contribution in [0.5, 0.6) is 0 Å². The number of hydrogen-bond acceptors (Lipinski definition) is 2. The van der Waals surface area contributed by atoms with Gasteiger partial charge in [0.2, 0.25) is 11.6 Å². The summed E-state index contributed by atoms with van der Waals surface area (Å²) in [6.07, 6.45) is 9.05. The molecule has 4 fully saturated rings. The van der Waals surface area contributed by atoms with E-state index in [1.54, 1.807) is 0 Å². The summed E-state index contributed by atoms with van der Waals surface area (Å²) in [5, 5.41) is 0. The zero-order valence-corrected chi connectivity index (χ0v) is 16.2. The van der Waals surface area contributed by atoms with Crippen molar-refractivity contribution < 1.29 is 4.79 Å². The van der Waals surface area contributed by atoms with E-state index in [-0.39, 0.29) is 11.1 Å². The third-order valence-electron chi connectivity index (χ3n) is 9.34. The minimum Gasteiger partial charge on any atom is -0.310 e. The molecule has 4 rings (SSSR count). The van der Waals surface area contributed by atoms with Crippen molar-refractivity contribution in [1.29, 1.82) is 0 Å². The summed E-state index contributed by atoms with van der Waals surface area (Å²) in [5.74, 6) is 5.18. The third-order valence-corrected chi connectivity index (χ3v) is 9.34. The zero-order chi connectivity index (χ0) is 18.0. The van der Waals surface area contributed by atoms with E-state index >= 15 is 0 Å². The van der Waals surface area contributed by atoms with Gasteiger partial charge in [-0.3, -0.25) is 0 Å². The molecule has 0 N–H and O–H groups in total. The monoisotopic (exact) mass is 340 g/mol. The van der Waals surface area contributed by atoms with Gasteiger partial charge in [-0.2, -0.15) is 4.99 Å². The molecular weight excluding hydrogens is 308 g/mol. The minimum absolute atomic E-state index is 0.166. The number of aliphatic imine (C=N–C) groups is 1. The average Bonchev–Trinajstić information content (AvgIpc) is 2.59. The Labute approximate surface area is 152 Å². The average molecular weight is 341 g/mol. The summed E-state index contributed by atoms with van der Waals surface area (Å²) in [6.45, 7) is 17.1. The Bertz CT molecular complexity index is 647. The van der Waals surface area contributed by atoms with Gasteiger partial charge < -0.3 is 4.85 Å². The highest BCUT2D eigenvalue weighted by Gasteiger charge is 2.65. The first-order valence-corrected chi connectivity index (χ1v) is 10.3. The van der Waals surface area contributed by atoms with Crippen molar-refractivity contribution >= 4 is 6.08 Å². The number of isocyanates is 1. The maximum Gasteiger partial charge on any atom is 0.235 e. The first kappa shape index (κ1) is 17.3. The molecule has 0 amide bonds. The second-order valence-electron chi connectivity index (χ2n) is 10.2. The van der Waals surface area contributed by atoms with Crippen LogP contribution in [0.4, 0.5) is 0 Å². The Morgan fingerprint density at radius 1 is 1.08 bits per heavy atom. The standard InChI is InChI=1S/C22H32N2O/c1-13-10-15-11-14(2)22(4,24-12-25)18-7-6-17-20(19(15)18)16(13)8-9-21(17,3)23-5/h13-20H,6-11H2,1-4H3/t13?,14?,15-,16?,17?,18-,19?,20+,21-,22+/m0/s1. The molecule has 3 heteroatoms. The number of carbonyl (C=O) groups excluding carboxylic acids is 1. The molecular formula is C22H32N2O. The molecule has 4 aliphatic rings. The number of hydrogen-bond donors (Lipinski definition) is 0. The molecule has 4 aliphatic carbocycles. The molecule has 3 nitrogen and oxygen atoms in total. The van der Waals surface area contributed by atoms with Gasteiger partial charge in [-0.1, -0.05) is 13.8 Å². The molecule has 0 spiro atoms. The highest BCUT2D eigenvalue weighted by Crippen LogP contribution is 2.66. The lowest BCUT2D eigenvalue weighted by atomic mass is 9.40. The Hall–Kier alpha value is -1.13. The van der Waals surface area contributed by atoms with Gasteiger partial charge in [0.05, 0.1) is 5.54 Å². The summed E-state index contributed by atoms with van der Waals surface area (Å²) < 4.78 is 0. The molecule has 0 radical (unpaired) electrons. The first-order chi connectivity index (χ1) is 11.9. The second-order valence-corrected chi connectivity index (χ2v) is 10.2. The molecule has 10 atom stereocenters. The normalized spacial score (nSPS) is 56.9. The predicted molar refractivity (Wildman–Crippen MR) is 98.5 cm³/mol. The highest BCUT2D eigenvalue weighted by molar-refractivity contribution is 5.36. The smallest absolute Gasteiger partial charge is 0.235 e. The molecule has 0 saturated heterocycles. The molecule has 0 aliphatic heterocycles. The van der Waals surface area contributed by atoms with Crippen LogP contribution in [-0.4, -0.2) is 17.2 Å². The van der Waals surface area contributed by atoms with Crippen LogP contribution >= 0.6 is 0 Å². The maximum absolute atomic E-state index is 11.2. The van der Waals surface area contributed by atoms with Gasteiger partial charge in [-0.05, 0) is 80.5 Å². The van der Waals surface area contributed by atoms with Gasteiger partial charge in [0.1, 0.15) is 0 Å². The van der Waals surface area contributed by atoms with Gasteiger partial charge in [-0.15, -0.1) is 0 Å². The fraction of sp³-hybridized carbons (Fsp3) is 0.909. The molecule has 5 unspecified atom stereocenters. The Morgan fingerprint density at radius 2 is 1.80 bits per heavy atom. The van der Waals surface area contributed by atoms with Gasteiger partial charge in [0.25, 0.3) is 0 Å². The Kier molecular flexibility index (Phi) is 3.93. The lowest BCUT2D eigenvalue weighted by Gasteiger charge is -2.64. The van der Waals surface area contributed by atoms with E-state index in [1.165, 1.54) is 19.3 Å². The van der Waals surface area contributed by atoms with Crippen molar-refractivity contribution in [1.82, 2.24) is 0 Å². The summed E-state index contributed by atoms with van der Waals surface area (Å²) >= 11 is 0. The zero-order valence-electron chi connectivity index (χ0n) is 16.2. The van der Waals surface area contributed by atoms with Gasteiger partial charge in [0.15, 0.2) is 0 Å². The maximum atomic E-state index is 11.2. The fourth-order valence-electron chi connectivity index (χ4n) is 7.97. The predicted octanol–water partition coefficient (Wildman–Crippen LogP) is 5.12. The van der Waals surface area contributed by atoms with Gasteiger partial charge in [0, 0.05) is 19.3 Å². The third kappa shape index (κ3) is 2.23. The van der Waals surface area contributed by atoms with Crippen molar-refractivity contribution in [2.45, 2.75) is 77.3 Å². The van der Waals surface area contributed by atoms with Crippen LogP contribution in [0.3, 0.4) is 0 Å². The van der Waals surface area contributed by atoms with Crippen LogP contribution in [0.25, 0.3) is 4.85 Å². The van der Waals surface area contributed by atoms with Gasteiger partial charge >= 0.3 is 0 Å². The van der Waals surface area contributed by atoms with E-state index in [4.69, 9.17) is 6.57 Å². The molecule has 0 aromatic heterocycles. The van der Waals surface area contributed by atoms with E-state index in [1.807, 2.05) is 6.08 Å². The van der Waals surface area contributed by atoms with E-state index in [9.17, 15) is 4.79 Å². The SMILES string of the molecule is [C-]#[N+][C@@]1(C)CCC2C(C)C[C@H]3CC(C)[C@@](C)(N=C=O)[C@H]4CCC1[C@@H]2C34. The molecule has 0 bridgehead atoms. The Morgan fingerprint density at radius 3 is 2.48 bits per heavy atom. The lowest BCUT2D eigenvalue weighted by Crippen LogP contribution is -2.63. The Balaban J connectivity index is 1.79. The van der Waals surface area contributed by atoms with Crippen molar-refractivity contribution in [3.8, 4) is 0 Å². The van der Waals surface area contributed by atoms with Crippen molar-refractivity contribution in [3.63, 3.8) is 0 Å². The van der Waals surface area contributed by atoms with Crippen LogP contribution in [0.15, 0.2) is 4.99 Å². The summed E-state index contributed by atoms with van der Waals surface area (Å²) in [5.41, 5.74) is -0.411. The lowest BCUT2D eigenvalue weighted by molar-refractivity contribution is -0.144. The van der Waals surface area contributed by atoms with Gasteiger partial charge in [-0.25, -0.2) is 11.4 Å². The van der Waals surface area contributed by atoms with Crippen LogP contribution in [0, 0.1) is 53.9 Å². The van der Waals surface area contributed by atoms with Crippen LogP contribution < -0.4 is 0 Å². The quantitative estimate of drug-likeness (QED) is 0.370. The number of nitrogens with zero attached hydrogens (tertiary/aromatic N) is 2. The van der Waals surface area contributed by atoms with Crippen LogP contribution in [-0.2, 0) is 4.79 Å². The van der Waals surface area contributed by atoms with E-state index in [2.05, 4.69) is 37.5 Å². The molecule has 0 heterocycles. The topological polar surface area (TPSA) is 33.8 Å². The molecule has 4 saturated carbocycles. The van der Waals surface area contributed by atoms with Crippen LogP contribution in [0.1, 0.15) is 66.2 Å². The molecule has 0 aromatic rings. The molecule has 136 valence electrons. The van der Waals surface area contributed by atoms with E-state index in [0.29, 0.717) is 29.6 Å². The highest BCUT2D eigenvalue weighted by atomic mass is 16.1. The van der Waals surface area contributed by atoms with E-state index in [0.717, 1.165) is 37.0 Å². The van der Waals surface area contributed by atoms with Crippen LogP contribution in [0.2, 0.25) is 0 Å². The minimum atomic E-state index is -0.245. The molecule has 25 heavy (non-hydrogen) atoms. The summed E-state index contributed by atoms with van der Waals surface area (Å²) in [7, 11) is 0. The largest absolute Gasteiger partial charge is 0.310 e. The second kappa shape index (κ2) is 5.68. The van der Waals surface area contributed by atoms with Crippen molar-refractivity contribution in [2.75, 3.05) is 0 Å². The first-order valence-electron chi connectivity index (χ1n) is 10.3. The van der Waals surface area contributed by atoms with Crippen molar-refractivity contribution in [2.24, 2.45) is 52.3 Å². The fourth-order valence-corrected chi connectivity index (χ4v) is 7.97. The van der Waals surface area contributed by atoms with E-state index < -0.39 is 0 Å². The summed E-state index contributed by atoms with van der Waals surface area (Å²) in [4.78, 5) is 19.8.